The van der Waals surface area contributed by atoms with Crippen LogP contribution in [-0.2, 0) is 12.8 Å². The van der Waals surface area contributed by atoms with Gasteiger partial charge in [0.05, 0.1) is 0 Å². The highest BCUT2D eigenvalue weighted by atomic mass is 15.3. The molecule has 2 heterocycles. The van der Waals surface area contributed by atoms with E-state index in [0.717, 1.165) is 0 Å². The molecule has 3 nitrogen and oxygen atoms in total. The summed E-state index contributed by atoms with van der Waals surface area (Å²) >= 11 is 0. The first-order chi connectivity index (χ1) is 14.2. The maximum absolute atomic E-state index is 2.86. The fourth-order valence-electron chi connectivity index (χ4n) is 5.16. The number of benzene rings is 2. The van der Waals surface area contributed by atoms with Crippen LogP contribution in [0, 0.1) is 0 Å². The van der Waals surface area contributed by atoms with E-state index < -0.39 is 0 Å². The fraction of sp³-hybridized carbons (Fsp3) is 0.538. The summed E-state index contributed by atoms with van der Waals surface area (Å²) in [4.78, 5) is 8.04. The molecule has 0 radical (unpaired) electrons. The Balaban J connectivity index is 1.33. The summed E-state index contributed by atoms with van der Waals surface area (Å²) in [6.45, 7) is 8.57. The second-order valence-corrected chi connectivity index (χ2v) is 9.08. The standard InChI is InChI=1S/C26H37N3/c1-27-18-15-26(16-19-27,14-12-24-8-4-2-5-9-24)29-22-20-28(21-23-29)17-13-25-10-6-3-7-11-25/h2-11H,12-23H2,1H3. The Labute approximate surface area is 177 Å². The molecule has 0 atom stereocenters. The number of piperidine rings is 1. The zero-order chi connectivity index (χ0) is 19.9. The summed E-state index contributed by atoms with van der Waals surface area (Å²) in [5, 5.41) is 0. The van der Waals surface area contributed by atoms with Crippen LogP contribution >= 0.6 is 0 Å². The van der Waals surface area contributed by atoms with E-state index in [0.29, 0.717) is 5.54 Å². The van der Waals surface area contributed by atoms with Crippen molar-refractivity contribution in [1.29, 1.82) is 0 Å². The highest BCUT2D eigenvalue weighted by molar-refractivity contribution is 5.16. The van der Waals surface area contributed by atoms with Crippen LogP contribution < -0.4 is 0 Å². The topological polar surface area (TPSA) is 9.72 Å². The summed E-state index contributed by atoms with van der Waals surface area (Å²) < 4.78 is 0. The lowest BCUT2D eigenvalue weighted by atomic mass is 9.80. The van der Waals surface area contributed by atoms with Crippen molar-refractivity contribution in [3.8, 4) is 0 Å². The van der Waals surface area contributed by atoms with E-state index in [4.69, 9.17) is 0 Å². The van der Waals surface area contributed by atoms with E-state index in [2.05, 4.69) is 82.4 Å². The number of hydrogen-bond donors (Lipinski definition) is 0. The Kier molecular flexibility index (Phi) is 7.02. The predicted octanol–water partition coefficient (Wildman–Crippen LogP) is 3.94. The first-order valence-electron chi connectivity index (χ1n) is 11.5. The molecule has 2 saturated heterocycles. The van der Waals surface area contributed by atoms with Gasteiger partial charge in [-0.3, -0.25) is 4.90 Å². The van der Waals surface area contributed by atoms with E-state index in [9.17, 15) is 0 Å². The lowest BCUT2D eigenvalue weighted by Gasteiger charge is -2.51. The van der Waals surface area contributed by atoms with E-state index >= 15 is 0 Å². The molecule has 2 aliphatic heterocycles. The Morgan fingerprint density at radius 3 is 1.83 bits per heavy atom. The summed E-state index contributed by atoms with van der Waals surface area (Å²) in [6, 6.07) is 22.0. The van der Waals surface area contributed by atoms with Gasteiger partial charge in [0.1, 0.15) is 0 Å². The van der Waals surface area contributed by atoms with Gasteiger partial charge in [-0.05, 0) is 63.4 Å². The van der Waals surface area contributed by atoms with Crippen molar-refractivity contribution in [2.75, 3.05) is 52.9 Å². The maximum Gasteiger partial charge on any atom is 0.0238 e. The van der Waals surface area contributed by atoms with Crippen molar-refractivity contribution in [3.05, 3.63) is 71.8 Å². The van der Waals surface area contributed by atoms with Crippen molar-refractivity contribution in [2.45, 2.75) is 37.6 Å². The van der Waals surface area contributed by atoms with Crippen LogP contribution in [0.2, 0.25) is 0 Å². The lowest BCUT2D eigenvalue weighted by Crippen LogP contribution is -2.60. The summed E-state index contributed by atoms with van der Waals surface area (Å²) in [6.07, 6.45) is 6.32. The number of likely N-dealkylation sites (tertiary alicyclic amines) is 1. The number of aryl methyl sites for hydroxylation is 1. The van der Waals surface area contributed by atoms with Gasteiger partial charge < -0.3 is 9.80 Å². The zero-order valence-corrected chi connectivity index (χ0v) is 18.1. The summed E-state index contributed by atoms with van der Waals surface area (Å²) in [5.74, 6) is 0. The molecule has 0 aromatic heterocycles. The van der Waals surface area contributed by atoms with Gasteiger partial charge in [-0.25, -0.2) is 0 Å². The Morgan fingerprint density at radius 1 is 0.690 bits per heavy atom. The van der Waals surface area contributed by atoms with Gasteiger partial charge in [-0.1, -0.05) is 60.7 Å². The smallest absolute Gasteiger partial charge is 0.0238 e. The van der Waals surface area contributed by atoms with Crippen molar-refractivity contribution in [2.24, 2.45) is 0 Å². The average molecular weight is 392 g/mol. The molecule has 4 rings (SSSR count). The number of hydrogen-bond acceptors (Lipinski definition) is 3. The van der Waals surface area contributed by atoms with Gasteiger partial charge in [-0.2, -0.15) is 0 Å². The summed E-state index contributed by atoms with van der Waals surface area (Å²) in [5.41, 5.74) is 3.35. The van der Waals surface area contributed by atoms with Gasteiger partial charge in [0.15, 0.2) is 0 Å². The molecule has 0 N–H and O–H groups in total. The van der Waals surface area contributed by atoms with Crippen molar-refractivity contribution in [3.63, 3.8) is 0 Å². The van der Waals surface area contributed by atoms with Gasteiger partial charge >= 0.3 is 0 Å². The van der Waals surface area contributed by atoms with E-state index in [1.165, 1.54) is 89.0 Å². The molecule has 0 amide bonds. The number of piperazine rings is 1. The maximum atomic E-state index is 2.86. The monoisotopic (exact) mass is 391 g/mol. The molecule has 0 unspecified atom stereocenters. The molecule has 2 fully saturated rings. The van der Waals surface area contributed by atoms with Crippen LogP contribution in [0.3, 0.4) is 0 Å². The molecule has 3 heteroatoms. The SMILES string of the molecule is CN1CCC(CCc2ccccc2)(N2CCN(CCc3ccccc3)CC2)CC1. The average Bonchev–Trinajstić information content (AvgIpc) is 2.79. The molecule has 0 spiro atoms. The molecular weight excluding hydrogens is 354 g/mol. The van der Waals surface area contributed by atoms with Crippen molar-refractivity contribution >= 4 is 0 Å². The molecule has 2 aliphatic rings. The Bertz CT molecular complexity index is 714. The van der Waals surface area contributed by atoms with Crippen LogP contribution in [0.15, 0.2) is 60.7 Å². The minimum atomic E-state index is 0.397. The first kappa shape index (κ1) is 20.6. The van der Waals surface area contributed by atoms with Crippen molar-refractivity contribution in [1.82, 2.24) is 14.7 Å². The second kappa shape index (κ2) is 9.88. The van der Waals surface area contributed by atoms with E-state index in [1.807, 2.05) is 0 Å². The molecule has 2 aromatic rings. The third kappa shape index (κ3) is 5.48. The third-order valence-electron chi connectivity index (χ3n) is 7.24. The zero-order valence-electron chi connectivity index (χ0n) is 18.1. The van der Waals surface area contributed by atoms with Crippen molar-refractivity contribution < 1.29 is 0 Å². The molecular formula is C26H37N3. The lowest BCUT2D eigenvalue weighted by molar-refractivity contribution is -0.0115. The van der Waals surface area contributed by atoms with Crippen LogP contribution in [0.5, 0.6) is 0 Å². The Hall–Kier alpha value is -1.68. The highest BCUT2D eigenvalue weighted by Crippen LogP contribution is 2.34. The fourth-order valence-corrected chi connectivity index (χ4v) is 5.16. The molecule has 156 valence electrons. The van der Waals surface area contributed by atoms with Gasteiger partial charge in [0.2, 0.25) is 0 Å². The molecule has 0 bridgehead atoms. The van der Waals surface area contributed by atoms with Crippen LogP contribution in [-0.4, -0.2) is 73.1 Å². The minimum Gasteiger partial charge on any atom is -0.306 e. The number of nitrogens with zero attached hydrogens (tertiary/aromatic N) is 3. The van der Waals surface area contributed by atoms with Gasteiger partial charge in [0, 0.05) is 38.3 Å². The summed E-state index contributed by atoms with van der Waals surface area (Å²) in [7, 11) is 2.28. The van der Waals surface area contributed by atoms with Crippen LogP contribution in [0.1, 0.15) is 30.4 Å². The largest absolute Gasteiger partial charge is 0.306 e. The Morgan fingerprint density at radius 2 is 1.24 bits per heavy atom. The molecule has 29 heavy (non-hydrogen) atoms. The highest BCUT2D eigenvalue weighted by Gasteiger charge is 2.39. The van der Waals surface area contributed by atoms with Gasteiger partial charge in [-0.15, -0.1) is 0 Å². The molecule has 0 aliphatic carbocycles. The number of rotatable bonds is 7. The predicted molar refractivity (Wildman–Crippen MR) is 122 cm³/mol. The van der Waals surface area contributed by atoms with Crippen LogP contribution in [0.25, 0.3) is 0 Å². The van der Waals surface area contributed by atoms with E-state index in [-0.39, 0.29) is 0 Å². The molecule has 0 saturated carbocycles. The quantitative estimate of drug-likeness (QED) is 0.708. The first-order valence-corrected chi connectivity index (χ1v) is 11.5. The van der Waals surface area contributed by atoms with Crippen LogP contribution in [0.4, 0.5) is 0 Å². The minimum absolute atomic E-state index is 0.397. The third-order valence-corrected chi connectivity index (χ3v) is 7.24. The molecule has 2 aromatic carbocycles. The van der Waals surface area contributed by atoms with E-state index in [1.54, 1.807) is 0 Å². The second-order valence-electron chi connectivity index (χ2n) is 9.08. The normalized spacial score (nSPS) is 21.3. The van der Waals surface area contributed by atoms with Gasteiger partial charge in [0.25, 0.3) is 0 Å².